The lowest BCUT2D eigenvalue weighted by molar-refractivity contribution is 0.0909. The van der Waals surface area contributed by atoms with Crippen molar-refractivity contribution in [3.05, 3.63) is 18.0 Å². The SMILES string of the molecule is Cn1cc(C(=O)NC2CCC(C)(C)CC2)cn1. The number of hydrogen-bond acceptors (Lipinski definition) is 2. The molecule has 0 aromatic carbocycles. The molecule has 2 rings (SSSR count). The zero-order valence-corrected chi connectivity index (χ0v) is 10.9. The second-order valence-electron chi connectivity index (χ2n) is 5.81. The van der Waals surface area contributed by atoms with Crippen molar-refractivity contribution in [2.75, 3.05) is 0 Å². The van der Waals surface area contributed by atoms with Gasteiger partial charge in [-0.05, 0) is 31.1 Å². The average molecular weight is 235 g/mol. The van der Waals surface area contributed by atoms with Gasteiger partial charge in [-0.15, -0.1) is 0 Å². The molecule has 1 aromatic rings. The molecule has 0 saturated heterocycles. The number of aryl methyl sites for hydroxylation is 1. The van der Waals surface area contributed by atoms with Crippen molar-refractivity contribution in [3.63, 3.8) is 0 Å². The van der Waals surface area contributed by atoms with Gasteiger partial charge in [-0.3, -0.25) is 9.48 Å². The van der Waals surface area contributed by atoms with Crippen LogP contribution in [0, 0.1) is 5.41 Å². The quantitative estimate of drug-likeness (QED) is 0.853. The van der Waals surface area contributed by atoms with E-state index in [9.17, 15) is 4.79 Å². The number of nitrogens with one attached hydrogen (secondary N) is 1. The molecule has 0 spiro atoms. The fraction of sp³-hybridized carbons (Fsp3) is 0.692. The van der Waals surface area contributed by atoms with E-state index in [2.05, 4.69) is 24.3 Å². The molecule has 4 nitrogen and oxygen atoms in total. The summed E-state index contributed by atoms with van der Waals surface area (Å²) >= 11 is 0. The van der Waals surface area contributed by atoms with Crippen molar-refractivity contribution in [1.82, 2.24) is 15.1 Å². The van der Waals surface area contributed by atoms with Crippen LogP contribution in [0.4, 0.5) is 0 Å². The molecule has 0 bridgehead atoms. The maximum Gasteiger partial charge on any atom is 0.254 e. The van der Waals surface area contributed by atoms with E-state index in [0.29, 0.717) is 17.0 Å². The van der Waals surface area contributed by atoms with Crippen molar-refractivity contribution in [3.8, 4) is 0 Å². The molecule has 1 fully saturated rings. The highest BCUT2D eigenvalue weighted by molar-refractivity contribution is 5.93. The Bertz CT molecular complexity index is 399. The van der Waals surface area contributed by atoms with E-state index in [-0.39, 0.29) is 5.91 Å². The molecule has 1 amide bonds. The first-order valence-corrected chi connectivity index (χ1v) is 6.26. The maximum absolute atomic E-state index is 11.9. The predicted octanol–water partition coefficient (Wildman–Crippen LogP) is 2.12. The summed E-state index contributed by atoms with van der Waals surface area (Å²) in [4.78, 5) is 11.9. The molecule has 1 aromatic heterocycles. The normalized spacial score (nSPS) is 20.2. The molecule has 0 radical (unpaired) electrons. The largest absolute Gasteiger partial charge is 0.349 e. The molecule has 17 heavy (non-hydrogen) atoms. The average Bonchev–Trinajstić information content (AvgIpc) is 2.68. The van der Waals surface area contributed by atoms with E-state index in [1.807, 2.05) is 7.05 Å². The van der Waals surface area contributed by atoms with Gasteiger partial charge in [0.1, 0.15) is 0 Å². The number of amides is 1. The van der Waals surface area contributed by atoms with Crippen molar-refractivity contribution in [1.29, 1.82) is 0 Å². The minimum absolute atomic E-state index is 0.00260. The van der Waals surface area contributed by atoms with Crippen LogP contribution in [0.15, 0.2) is 12.4 Å². The summed E-state index contributed by atoms with van der Waals surface area (Å²) in [6.07, 6.45) is 7.90. The minimum Gasteiger partial charge on any atom is -0.349 e. The predicted molar refractivity (Wildman–Crippen MR) is 66.7 cm³/mol. The Morgan fingerprint density at radius 1 is 1.47 bits per heavy atom. The van der Waals surface area contributed by atoms with E-state index in [4.69, 9.17) is 0 Å². The second-order valence-corrected chi connectivity index (χ2v) is 5.81. The number of rotatable bonds is 2. The molecular formula is C13H21N3O. The maximum atomic E-state index is 11.9. The Morgan fingerprint density at radius 2 is 2.12 bits per heavy atom. The van der Waals surface area contributed by atoms with Gasteiger partial charge in [0.25, 0.3) is 5.91 Å². The van der Waals surface area contributed by atoms with Crippen LogP contribution in [-0.2, 0) is 7.05 Å². The van der Waals surface area contributed by atoms with Crippen LogP contribution in [0.2, 0.25) is 0 Å². The first kappa shape index (κ1) is 12.1. The number of carbonyl (C=O) groups is 1. The Labute approximate surface area is 102 Å². The number of nitrogens with zero attached hydrogens (tertiary/aromatic N) is 2. The summed E-state index contributed by atoms with van der Waals surface area (Å²) in [6.45, 7) is 4.60. The van der Waals surface area contributed by atoms with Gasteiger partial charge in [0.15, 0.2) is 0 Å². The van der Waals surface area contributed by atoms with Crippen molar-refractivity contribution in [2.24, 2.45) is 12.5 Å². The fourth-order valence-electron chi connectivity index (χ4n) is 2.35. The third-order valence-electron chi connectivity index (χ3n) is 3.64. The second kappa shape index (κ2) is 4.51. The molecule has 1 saturated carbocycles. The Balaban J connectivity index is 1.88. The van der Waals surface area contributed by atoms with E-state index in [0.717, 1.165) is 12.8 Å². The lowest BCUT2D eigenvalue weighted by Gasteiger charge is -2.34. The standard InChI is InChI=1S/C13H21N3O/c1-13(2)6-4-11(5-7-13)15-12(17)10-8-14-16(3)9-10/h8-9,11H,4-7H2,1-3H3,(H,15,17). The number of carbonyl (C=O) groups excluding carboxylic acids is 1. The molecule has 1 heterocycles. The summed E-state index contributed by atoms with van der Waals surface area (Å²) in [7, 11) is 1.82. The third-order valence-corrected chi connectivity index (χ3v) is 3.64. The molecule has 1 aliphatic rings. The smallest absolute Gasteiger partial charge is 0.254 e. The van der Waals surface area contributed by atoms with Crippen LogP contribution in [0.3, 0.4) is 0 Å². The Morgan fingerprint density at radius 3 is 2.65 bits per heavy atom. The number of hydrogen-bond donors (Lipinski definition) is 1. The van der Waals surface area contributed by atoms with E-state index in [1.54, 1.807) is 17.1 Å². The number of aromatic nitrogens is 2. The zero-order chi connectivity index (χ0) is 12.5. The van der Waals surface area contributed by atoms with Gasteiger partial charge in [-0.1, -0.05) is 13.8 Å². The highest BCUT2D eigenvalue weighted by Crippen LogP contribution is 2.34. The summed E-state index contributed by atoms with van der Waals surface area (Å²) in [5.74, 6) is 0.00260. The van der Waals surface area contributed by atoms with Gasteiger partial charge in [0, 0.05) is 19.3 Å². The van der Waals surface area contributed by atoms with Crippen LogP contribution >= 0.6 is 0 Å². The molecular weight excluding hydrogens is 214 g/mol. The van der Waals surface area contributed by atoms with E-state index >= 15 is 0 Å². The molecule has 0 aliphatic heterocycles. The van der Waals surface area contributed by atoms with Crippen LogP contribution in [0.25, 0.3) is 0 Å². The van der Waals surface area contributed by atoms with Gasteiger partial charge < -0.3 is 5.32 Å². The van der Waals surface area contributed by atoms with Crippen LogP contribution in [-0.4, -0.2) is 21.7 Å². The Kier molecular flexibility index (Phi) is 3.22. The van der Waals surface area contributed by atoms with Crippen LogP contribution < -0.4 is 5.32 Å². The summed E-state index contributed by atoms with van der Waals surface area (Å²) in [5.41, 5.74) is 1.09. The third kappa shape index (κ3) is 3.08. The lowest BCUT2D eigenvalue weighted by atomic mass is 9.75. The van der Waals surface area contributed by atoms with E-state index in [1.165, 1.54) is 12.8 Å². The molecule has 0 unspecified atom stereocenters. The van der Waals surface area contributed by atoms with Gasteiger partial charge in [-0.25, -0.2) is 0 Å². The van der Waals surface area contributed by atoms with E-state index < -0.39 is 0 Å². The van der Waals surface area contributed by atoms with Crippen molar-refractivity contribution < 1.29 is 4.79 Å². The monoisotopic (exact) mass is 235 g/mol. The van der Waals surface area contributed by atoms with Gasteiger partial charge in [-0.2, -0.15) is 5.10 Å². The van der Waals surface area contributed by atoms with Crippen LogP contribution in [0.5, 0.6) is 0 Å². The highest BCUT2D eigenvalue weighted by Gasteiger charge is 2.27. The molecule has 1 aliphatic carbocycles. The lowest BCUT2D eigenvalue weighted by Crippen LogP contribution is -2.39. The topological polar surface area (TPSA) is 46.9 Å². The molecule has 4 heteroatoms. The minimum atomic E-state index is 0.00260. The van der Waals surface area contributed by atoms with Gasteiger partial charge in [0.05, 0.1) is 11.8 Å². The summed E-state index contributed by atoms with van der Waals surface area (Å²) < 4.78 is 1.65. The Hall–Kier alpha value is -1.32. The van der Waals surface area contributed by atoms with Crippen molar-refractivity contribution >= 4 is 5.91 Å². The van der Waals surface area contributed by atoms with Gasteiger partial charge >= 0.3 is 0 Å². The summed E-state index contributed by atoms with van der Waals surface area (Å²) in [6, 6.07) is 0.329. The molecule has 1 N–H and O–H groups in total. The summed E-state index contributed by atoms with van der Waals surface area (Å²) in [5, 5.41) is 7.10. The first-order valence-electron chi connectivity index (χ1n) is 6.26. The highest BCUT2D eigenvalue weighted by atomic mass is 16.1. The van der Waals surface area contributed by atoms with Crippen molar-refractivity contribution in [2.45, 2.75) is 45.6 Å². The van der Waals surface area contributed by atoms with Crippen LogP contribution in [0.1, 0.15) is 49.9 Å². The zero-order valence-electron chi connectivity index (χ0n) is 10.9. The molecule has 94 valence electrons. The first-order chi connectivity index (χ1) is 7.96. The molecule has 0 atom stereocenters. The van der Waals surface area contributed by atoms with Gasteiger partial charge in [0.2, 0.25) is 0 Å². The fourth-order valence-corrected chi connectivity index (χ4v) is 2.35.